The van der Waals surface area contributed by atoms with Crippen LogP contribution in [-0.2, 0) is 17.9 Å². The van der Waals surface area contributed by atoms with E-state index in [0.717, 1.165) is 11.1 Å². The SMILES string of the molecule is Cc1ccccc1CN(CC(=O)O)Cc1ccc(C(=O)O)c(C(=O)O)c1. The highest BCUT2D eigenvalue weighted by atomic mass is 16.4. The van der Waals surface area contributed by atoms with Crippen LogP contribution in [0.25, 0.3) is 0 Å². The van der Waals surface area contributed by atoms with E-state index < -0.39 is 17.9 Å². The molecule has 0 atom stereocenters. The predicted molar refractivity (Wildman–Crippen MR) is 93.3 cm³/mol. The highest BCUT2D eigenvalue weighted by Gasteiger charge is 2.18. The number of nitrogens with zero attached hydrogens (tertiary/aromatic N) is 1. The first-order valence-electron chi connectivity index (χ1n) is 7.86. The Morgan fingerprint density at radius 2 is 1.54 bits per heavy atom. The summed E-state index contributed by atoms with van der Waals surface area (Å²) in [6, 6.07) is 11.6. The minimum atomic E-state index is -1.34. The van der Waals surface area contributed by atoms with Crippen LogP contribution in [-0.4, -0.2) is 44.7 Å². The highest BCUT2D eigenvalue weighted by molar-refractivity contribution is 6.01. The lowest BCUT2D eigenvalue weighted by Gasteiger charge is -2.22. The maximum absolute atomic E-state index is 11.3. The maximum Gasteiger partial charge on any atom is 0.336 e. The van der Waals surface area contributed by atoms with Crippen molar-refractivity contribution in [2.45, 2.75) is 20.0 Å². The second-order valence-electron chi connectivity index (χ2n) is 5.96. The van der Waals surface area contributed by atoms with Gasteiger partial charge in [0.05, 0.1) is 17.7 Å². The lowest BCUT2D eigenvalue weighted by Crippen LogP contribution is -2.29. The molecule has 7 heteroatoms. The van der Waals surface area contributed by atoms with Crippen molar-refractivity contribution in [1.82, 2.24) is 4.90 Å². The van der Waals surface area contributed by atoms with Gasteiger partial charge in [0.2, 0.25) is 0 Å². The van der Waals surface area contributed by atoms with Crippen LogP contribution in [0.15, 0.2) is 42.5 Å². The summed E-state index contributed by atoms with van der Waals surface area (Å²) in [6.45, 7) is 2.26. The lowest BCUT2D eigenvalue weighted by atomic mass is 10.0. The van der Waals surface area contributed by atoms with Crippen molar-refractivity contribution in [3.8, 4) is 0 Å². The highest BCUT2D eigenvalue weighted by Crippen LogP contribution is 2.17. The van der Waals surface area contributed by atoms with Gasteiger partial charge in [-0.2, -0.15) is 0 Å². The second kappa shape index (κ2) is 8.26. The quantitative estimate of drug-likeness (QED) is 0.665. The number of benzene rings is 2. The van der Waals surface area contributed by atoms with Crippen LogP contribution in [0.3, 0.4) is 0 Å². The van der Waals surface area contributed by atoms with Gasteiger partial charge in [0.15, 0.2) is 0 Å². The second-order valence-corrected chi connectivity index (χ2v) is 5.96. The fourth-order valence-electron chi connectivity index (χ4n) is 2.70. The number of hydrogen-bond donors (Lipinski definition) is 3. The number of carboxylic acid groups (broad SMARTS) is 3. The molecule has 26 heavy (non-hydrogen) atoms. The first-order valence-corrected chi connectivity index (χ1v) is 7.86. The molecule has 0 saturated carbocycles. The van der Waals surface area contributed by atoms with Gasteiger partial charge in [-0.1, -0.05) is 30.3 Å². The zero-order chi connectivity index (χ0) is 19.3. The Hall–Kier alpha value is -3.19. The van der Waals surface area contributed by atoms with E-state index in [0.29, 0.717) is 12.1 Å². The van der Waals surface area contributed by atoms with E-state index >= 15 is 0 Å². The number of carboxylic acids is 3. The maximum atomic E-state index is 11.3. The molecule has 2 aromatic carbocycles. The van der Waals surface area contributed by atoms with Crippen molar-refractivity contribution in [1.29, 1.82) is 0 Å². The zero-order valence-electron chi connectivity index (χ0n) is 14.2. The van der Waals surface area contributed by atoms with Gasteiger partial charge in [-0.15, -0.1) is 0 Å². The van der Waals surface area contributed by atoms with Gasteiger partial charge in [-0.3, -0.25) is 9.69 Å². The molecular formula is C19H19NO6. The van der Waals surface area contributed by atoms with Crippen LogP contribution in [0.2, 0.25) is 0 Å². The minimum absolute atomic E-state index is 0.181. The summed E-state index contributed by atoms with van der Waals surface area (Å²) in [4.78, 5) is 35.3. The third kappa shape index (κ3) is 4.90. The molecule has 0 aromatic heterocycles. The molecule has 0 spiro atoms. The third-order valence-corrected chi connectivity index (χ3v) is 3.97. The molecule has 3 N–H and O–H groups in total. The minimum Gasteiger partial charge on any atom is -0.480 e. The Morgan fingerprint density at radius 1 is 0.885 bits per heavy atom. The van der Waals surface area contributed by atoms with Crippen LogP contribution >= 0.6 is 0 Å². The summed E-state index contributed by atoms with van der Waals surface area (Å²) in [5.74, 6) is -3.66. The molecular weight excluding hydrogens is 338 g/mol. The van der Waals surface area contributed by atoms with Crippen molar-refractivity contribution in [3.05, 3.63) is 70.3 Å². The molecule has 136 valence electrons. The van der Waals surface area contributed by atoms with Gasteiger partial charge in [0.25, 0.3) is 0 Å². The van der Waals surface area contributed by atoms with Crippen LogP contribution in [0.5, 0.6) is 0 Å². The number of aliphatic carboxylic acids is 1. The average Bonchev–Trinajstić information content (AvgIpc) is 2.56. The normalized spacial score (nSPS) is 10.7. The van der Waals surface area contributed by atoms with Crippen molar-refractivity contribution in [2.75, 3.05) is 6.54 Å². The van der Waals surface area contributed by atoms with E-state index in [-0.39, 0.29) is 24.2 Å². The number of rotatable bonds is 8. The smallest absolute Gasteiger partial charge is 0.336 e. The van der Waals surface area contributed by atoms with Gasteiger partial charge in [-0.25, -0.2) is 9.59 Å². The van der Waals surface area contributed by atoms with Crippen molar-refractivity contribution < 1.29 is 29.7 Å². The average molecular weight is 357 g/mol. The fraction of sp³-hybridized carbons (Fsp3) is 0.211. The lowest BCUT2D eigenvalue weighted by molar-refractivity contribution is -0.138. The molecule has 0 fully saturated rings. The van der Waals surface area contributed by atoms with Gasteiger partial charge >= 0.3 is 17.9 Å². The molecule has 2 aromatic rings. The Bertz CT molecular complexity index is 846. The molecule has 0 unspecified atom stereocenters. The molecule has 2 rings (SSSR count). The molecule has 0 aliphatic rings. The van der Waals surface area contributed by atoms with Crippen LogP contribution in [0.1, 0.15) is 37.4 Å². The summed E-state index contributed by atoms with van der Waals surface area (Å²) < 4.78 is 0. The van der Waals surface area contributed by atoms with E-state index in [1.807, 2.05) is 31.2 Å². The summed E-state index contributed by atoms with van der Waals surface area (Å²) in [5, 5.41) is 27.5. The number of aryl methyl sites for hydroxylation is 1. The topological polar surface area (TPSA) is 115 Å². The number of hydrogen-bond acceptors (Lipinski definition) is 4. The van der Waals surface area contributed by atoms with Crippen LogP contribution in [0, 0.1) is 6.92 Å². The van der Waals surface area contributed by atoms with Crippen molar-refractivity contribution >= 4 is 17.9 Å². The summed E-state index contributed by atoms with van der Waals surface area (Å²) in [6.07, 6.45) is 0. The summed E-state index contributed by atoms with van der Waals surface area (Å²) in [7, 11) is 0. The molecule has 0 saturated heterocycles. The largest absolute Gasteiger partial charge is 0.480 e. The Morgan fingerprint density at radius 3 is 2.12 bits per heavy atom. The number of carbonyl (C=O) groups is 3. The molecule has 0 bridgehead atoms. The standard InChI is InChI=1S/C19H19NO6/c1-12-4-2-3-5-14(12)10-20(11-17(21)22)9-13-6-7-15(18(23)24)16(8-13)19(25)26/h2-8H,9-11H2,1H3,(H,21,22)(H,23,24)(H,25,26). The van der Waals surface area contributed by atoms with Crippen LogP contribution in [0.4, 0.5) is 0 Å². The number of aromatic carboxylic acids is 2. The first kappa shape index (κ1) is 19.1. The molecule has 0 aliphatic carbocycles. The van der Waals surface area contributed by atoms with Gasteiger partial charge < -0.3 is 15.3 Å². The van der Waals surface area contributed by atoms with E-state index in [2.05, 4.69) is 0 Å². The van der Waals surface area contributed by atoms with Crippen molar-refractivity contribution in [2.24, 2.45) is 0 Å². The molecule has 0 aliphatic heterocycles. The Labute approximate surface area is 150 Å². The van der Waals surface area contributed by atoms with E-state index in [4.69, 9.17) is 10.2 Å². The Kier molecular flexibility index (Phi) is 6.08. The molecule has 7 nitrogen and oxygen atoms in total. The zero-order valence-corrected chi connectivity index (χ0v) is 14.2. The summed E-state index contributed by atoms with van der Waals surface area (Å²) in [5.41, 5.74) is 1.90. The van der Waals surface area contributed by atoms with Gasteiger partial charge in [-0.05, 0) is 35.7 Å². The molecule has 0 radical (unpaired) electrons. The Balaban J connectivity index is 2.29. The third-order valence-electron chi connectivity index (χ3n) is 3.97. The van der Waals surface area contributed by atoms with E-state index in [1.54, 1.807) is 4.90 Å². The summed E-state index contributed by atoms with van der Waals surface area (Å²) >= 11 is 0. The fourth-order valence-corrected chi connectivity index (χ4v) is 2.70. The van der Waals surface area contributed by atoms with E-state index in [1.165, 1.54) is 18.2 Å². The van der Waals surface area contributed by atoms with Crippen molar-refractivity contribution in [3.63, 3.8) is 0 Å². The van der Waals surface area contributed by atoms with E-state index in [9.17, 15) is 19.5 Å². The molecule has 0 heterocycles. The van der Waals surface area contributed by atoms with Crippen LogP contribution < -0.4 is 0 Å². The van der Waals surface area contributed by atoms with Gasteiger partial charge in [0, 0.05) is 13.1 Å². The molecule has 0 amide bonds. The first-order chi connectivity index (χ1) is 12.3. The monoisotopic (exact) mass is 357 g/mol. The predicted octanol–water partition coefficient (Wildman–Crippen LogP) is 2.48. The van der Waals surface area contributed by atoms with Gasteiger partial charge in [0.1, 0.15) is 0 Å².